The zero-order valence-electron chi connectivity index (χ0n) is 12.8. The molecule has 0 spiro atoms. The standard InChI is InChI=1S/C14H16Cl5N3OS/c1-7(2)6-10(23)20-12(14(17,18)19)22-13(24)21-11-8(15)4-3-5-9(11)16/h3-5,7,12H,6H2,1-2H3,(H,20,23)(H2,21,22,24)/t12-/m1/s1. The van der Waals surface area contributed by atoms with E-state index in [2.05, 4.69) is 16.0 Å². The Morgan fingerprint density at radius 3 is 2.17 bits per heavy atom. The summed E-state index contributed by atoms with van der Waals surface area (Å²) >= 11 is 35.0. The molecule has 1 aromatic carbocycles. The van der Waals surface area contributed by atoms with Crippen LogP contribution in [0.25, 0.3) is 0 Å². The van der Waals surface area contributed by atoms with Crippen LogP contribution in [0.1, 0.15) is 20.3 Å². The number of carbonyl (C=O) groups excluding carboxylic acids is 1. The summed E-state index contributed by atoms with van der Waals surface area (Å²) in [6, 6.07) is 4.99. The molecule has 0 unspecified atom stereocenters. The van der Waals surface area contributed by atoms with Crippen molar-refractivity contribution in [1.82, 2.24) is 10.6 Å². The van der Waals surface area contributed by atoms with Crippen molar-refractivity contribution >= 4 is 86.9 Å². The molecule has 0 saturated carbocycles. The van der Waals surface area contributed by atoms with Crippen molar-refractivity contribution in [2.24, 2.45) is 5.92 Å². The van der Waals surface area contributed by atoms with Crippen molar-refractivity contribution in [3.63, 3.8) is 0 Å². The lowest BCUT2D eigenvalue weighted by molar-refractivity contribution is -0.122. The smallest absolute Gasteiger partial charge is 0.228 e. The van der Waals surface area contributed by atoms with Crippen LogP contribution in [0.4, 0.5) is 5.69 Å². The molecule has 1 atom stereocenters. The molecule has 3 N–H and O–H groups in total. The van der Waals surface area contributed by atoms with Gasteiger partial charge in [-0.3, -0.25) is 4.79 Å². The molecule has 1 aromatic rings. The molecule has 0 aliphatic heterocycles. The number of hydrogen-bond donors (Lipinski definition) is 3. The quantitative estimate of drug-likeness (QED) is 0.330. The van der Waals surface area contributed by atoms with Gasteiger partial charge >= 0.3 is 0 Å². The fourth-order valence-corrected chi connectivity index (χ4v) is 2.73. The van der Waals surface area contributed by atoms with Crippen LogP contribution >= 0.6 is 70.2 Å². The number of benzene rings is 1. The van der Waals surface area contributed by atoms with Crippen LogP contribution in [-0.2, 0) is 4.79 Å². The number of hydrogen-bond acceptors (Lipinski definition) is 2. The lowest BCUT2D eigenvalue weighted by Crippen LogP contribution is -2.56. The number of thiocarbonyl (C=S) groups is 1. The maximum atomic E-state index is 11.9. The van der Waals surface area contributed by atoms with Gasteiger partial charge in [0.25, 0.3) is 0 Å². The van der Waals surface area contributed by atoms with Crippen molar-refractivity contribution in [2.45, 2.75) is 30.2 Å². The number of carbonyl (C=O) groups is 1. The van der Waals surface area contributed by atoms with E-state index >= 15 is 0 Å². The number of anilines is 1. The highest BCUT2D eigenvalue weighted by molar-refractivity contribution is 7.80. The SMILES string of the molecule is CC(C)CC(=O)N[C@H](NC(=S)Nc1c(Cl)cccc1Cl)C(Cl)(Cl)Cl. The number of alkyl halides is 3. The fourth-order valence-electron chi connectivity index (χ4n) is 1.69. The molecule has 0 aliphatic carbocycles. The third-order valence-electron chi connectivity index (χ3n) is 2.70. The van der Waals surface area contributed by atoms with E-state index in [0.29, 0.717) is 15.7 Å². The maximum absolute atomic E-state index is 11.9. The Kier molecular flexibility index (Phi) is 8.66. The monoisotopic (exact) mass is 449 g/mol. The first kappa shape index (κ1) is 21.9. The molecule has 1 rings (SSSR count). The molecular weight excluding hydrogens is 436 g/mol. The predicted molar refractivity (Wildman–Crippen MR) is 107 cm³/mol. The van der Waals surface area contributed by atoms with Gasteiger partial charge in [0.2, 0.25) is 9.70 Å². The van der Waals surface area contributed by atoms with E-state index in [0.717, 1.165) is 0 Å². The van der Waals surface area contributed by atoms with Crippen molar-refractivity contribution in [3.05, 3.63) is 28.2 Å². The summed E-state index contributed by atoms with van der Waals surface area (Å²) < 4.78 is -1.82. The Morgan fingerprint density at radius 2 is 1.71 bits per heavy atom. The van der Waals surface area contributed by atoms with E-state index in [1.54, 1.807) is 18.2 Å². The first-order valence-electron chi connectivity index (χ1n) is 6.88. The molecule has 0 bridgehead atoms. The molecule has 0 aliphatic rings. The number of halogens is 5. The van der Waals surface area contributed by atoms with Gasteiger partial charge in [0.1, 0.15) is 6.17 Å². The molecule has 134 valence electrons. The van der Waals surface area contributed by atoms with Crippen LogP contribution in [0, 0.1) is 5.92 Å². The summed E-state index contributed by atoms with van der Waals surface area (Å²) in [5.74, 6) is -0.111. The highest BCUT2D eigenvalue weighted by atomic mass is 35.6. The van der Waals surface area contributed by atoms with Gasteiger partial charge in [0.05, 0.1) is 15.7 Å². The molecule has 1 amide bonds. The summed E-state index contributed by atoms with van der Waals surface area (Å²) in [5.41, 5.74) is 0.412. The van der Waals surface area contributed by atoms with Gasteiger partial charge in [-0.05, 0) is 30.3 Å². The molecule has 24 heavy (non-hydrogen) atoms. The van der Waals surface area contributed by atoms with Crippen molar-refractivity contribution < 1.29 is 4.79 Å². The lowest BCUT2D eigenvalue weighted by atomic mass is 10.1. The van der Waals surface area contributed by atoms with E-state index in [9.17, 15) is 4.79 Å². The first-order chi connectivity index (χ1) is 11.0. The molecule has 10 heteroatoms. The summed E-state index contributed by atoms with van der Waals surface area (Å²) in [4.78, 5) is 11.9. The van der Waals surface area contributed by atoms with Gasteiger partial charge in [-0.25, -0.2) is 0 Å². The van der Waals surface area contributed by atoms with Crippen LogP contribution in [0.15, 0.2) is 18.2 Å². The van der Waals surface area contributed by atoms with Gasteiger partial charge in [0, 0.05) is 6.42 Å². The Labute approximate surface area is 171 Å². The molecular formula is C14H16Cl5N3OS. The van der Waals surface area contributed by atoms with Crippen LogP contribution in [-0.4, -0.2) is 21.0 Å². The minimum absolute atomic E-state index is 0.0890. The summed E-state index contributed by atoms with van der Waals surface area (Å²) in [6.07, 6.45) is -0.745. The minimum atomic E-state index is -1.82. The van der Waals surface area contributed by atoms with Crippen LogP contribution in [0.2, 0.25) is 10.0 Å². The van der Waals surface area contributed by atoms with Gasteiger partial charge < -0.3 is 16.0 Å². The molecule has 0 aromatic heterocycles. The zero-order chi connectivity index (χ0) is 18.5. The summed E-state index contributed by atoms with van der Waals surface area (Å²) in [7, 11) is 0. The minimum Gasteiger partial charge on any atom is -0.339 e. The van der Waals surface area contributed by atoms with E-state index in [1.165, 1.54) is 0 Å². The average molecular weight is 452 g/mol. The topological polar surface area (TPSA) is 53.2 Å². The first-order valence-corrected chi connectivity index (χ1v) is 9.18. The van der Waals surface area contributed by atoms with Gasteiger partial charge in [0.15, 0.2) is 5.11 Å². The van der Waals surface area contributed by atoms with E-state index < -0.39 is 9.96 Å². The number of nitrogens with one attached hydrogen (secondary N) is 3. The van der Waals surface area contributed by atoms with E-state index in [-0.39, 0.29) is 23.4 Å². The molecule has 0 fully saturated rings. The summed E-state index contributed by atoms with van der Waals surface area (Å²) in [5, 5.41) is 9.00. The molecule has 0 radical (unpaired) electrons. The maximum Gasteiger partial charge on any atom is 0.228 e. The third-order valence-corrected chi connectivity index (χ3v) is 4.21. The van der Waals surface area contributed by atoms with Crippen LogP contribution < -0.4 is 16.0 Å². The second-order valence-electron chi connectivity index (χ2n) is 5.34. The molecule has 0 heterocycles. The number of amides is 1. The highest BCUT2D eigenvalue weighted by Crippen LogP contribution is 2.31. The van der Waals surface area contributed by atoms with Gasteiger partial charge in [-0.1, -0.05) is 77.9 Å². The molecule has 0 saturated heterocycles. The second kappa shape index (κ2) is 9.51. The fraction of sp³-hybridized carbons (Fsp3) is 0.429. The second-order valence-corrected chi connectivity index (χ2v) is 8.93. The van der Waals surface area contributed by atoms with Gasteiger partial charge in [-0.15, -0.1) is 0 Å². The van der Waals surface area contributed by atoms with Crippen LogP contribution in [0.3, 0.4) is 0 Å². The molecule has 4 nitrogen and oxygen atoms in total. The predicted octanol–water partition coefficient (Wildman–Crippen LogP) is 5.14. The average Bonchev–Trinajstić information content (AvgIpc) is 2.40. The normalized spacial score (nSPS) is 12.7. The van der Waals surface area contributed by atoms with Crippen LogP contribution in [0.5, 0.6) is 0 Å². The lowest BCUT2D eigenvalue weighted by Gasteiger charge is -2.28. The zero-order valence-corrected chi connectivity index (χ0v) is 17.4. The largest absolute Gasteiger partial charge is 0.339 e. The van der Waals surface area contributed by atoms with Crippen molar-refractivity contribution in [3.8, 4) is 0 Å². The Balaban J connectivity index is 2.80. The number of rotatable bonds is 5. The Hall–Kier alpha value is -0.170. The Morgan fingerprint density at radius 1 is 1.17 bits per heavy atom. The Bertz CT molecular complexity index is 586. The van der Waals surface area contributed by atoms with E-state index in [1.807, 2.05) is 13.8 Å². The van der Waals surface area contributed by atoms with Crippen molar-refractivity contribution in [2.75, 3.05) is 5.32 Å². The van der Waals surface area contributed by atoms with E-state index in [4.69, 9.17) is 70.2 Å². The van der Waals surface area contributed by atoms with Gasteiger partial charge in [-0.2, -0.15) is 0 Å². The van der Waals surface area contributed by atoms with Crippen molar-refractivity contribution in [1.29, 1.82) is 0 Å². The number of para-hydroxylation sites is 1. The highest BCUT2D eigenvalue weighted by Gasteiger charge is 2.34. The summed E-state index contributed by atoms with van der Waals surface area (Å²) in [6.45, 7) is 3.81. The third kappa shape index (κ3) is 7.38.